The maximum absolute atomic E-state index is 12.9. The largest absolute Gasteiger partial charge is 0.481 e. The number of halogens is 1. The molecule has 6 nitrogen and oxygen atoms in total. The number of nitro benzene ring substituents is 1. The molecule has 0 aliphatic heterocycles. The first-order valence-corrected chi connectivity index (χ1v) is 5.36. The first-order valence-electron chi connectivity index (χ1n) is 5.36. The van der Waals surface area contributed by atoms with Crippen molar-refractivity contribution in [1.29, 1.82) is 0 Å². The number of nitrogens with zero attached hydrogens (tertiary/aromatic N) is 1. The van der Waals surface area contributed by atoms with Gasteiger partial charge in [-0.2, -0.15) is 0 Å². The zero-order valence-corrected chi connectivity index (χ0v) is 9.35. The van der Waals surface area contributed by atoms with Gasteiger partial charge in [0, 0.05) is 6.54 Å². The van der Waals surface area contributed by atoms with Gasteiger partial charge in [-0.1, -0.05) is 0 Å². The summed E-state index contributed by atoms with van der Waals surface area (Å²) in [6.07, 6.45) is 1.09. The third-order valence-corrected chi connectivity index (χ3v) is 3.08. The van der Waals surface area contributed by atoms with Gasteiger partial charge < -0.3 is 10.4 Å². The van der Waals surface area contributed by atoms with E-state index in [-0.39, 0.29) is 12.2 Å². The lowest BCUT2D eigenvalue weighted by Crippen LogP contribution is -2.24. The van der Waals surface area contributed by atoms with Gasteiger partial charge in [0.2, 0.25) is 0 Å². The smallest absolute Gasteiger partial charge is 0.311 e. The minimum absolute atomic E-state index is 0.106. The van der Waals surface area contributed by atoms with Crippen molar-refractivity contribution in [2.24, 2.45) is 5.41 Å². The number of nitro groups is 1. The van der Waals surface area contributed by atoms with Crippen molar-refractivity contribution in [3.8, 4) is 0 Å². The normalized spacial score (nSPS) is 16.1. The van der Waals surface area contributed by atoms with Crippen LogP contribution >= 0.6 is 0 Å². The number of nitrogens with one attached hydrogen (secondary N) is 1. The molecule has 7 heteroatoms. The number of hydrogen-bond donors (Lipinski definition) is 2. The summed E-state index contributed by atoms with van der Waals surface area (Å²) in [6, 6.07) is 3.14. The van der Waals surface area contributed by atoms with Crippen molar-refractivity contribution >= 4 is 17.3 Å². The molecule has 1 saturated carbocycles. The Morgan fingerprint density at radius 1 is 1.56 bits per heavy atom. The summed E-state index contributed by atoms with van der Waals surface area (Å²) in [5.41, 5.74) is -1.09. The van der Waals surface area contributed by atoms with Crippen molar-refractivity contribution in [3.05, 3.63) is 34.1 Å². The second-order valence-corrected chi connectivity index (χ2v) is 4.36. The molecular weight excluding hydrogens is 243 g/mol. The van der Waals surface area contributed by atoms with E-state index in [0.717, 1.165) is 12.1 Å². The Balaban J connectivity index is 2.15. The lowest BCUT2D eigenvalue weighted by atomic mass is 10.1. The molecule has 0 aromatic heterocycles. The summed E-state index contributed by atoms with van der Waals surface area (Å²) < 4.78 is 12.9. The summed E-state index contributed by atoms with van der Waals surface area (Å²) in [6.45, 7) is 0.106. The fourth-order valence-electron chi connectivity index (χ4n) is 1.69. The Kier molecular flexibility index (Phi) is 2.90. The molecule has 0 unspecified atom stereocenters. The summed E-state index contributed by atoms with van der Waals surface area (Å²) in [5, 5.41) is 22.4. The number of rotatable bonds is 5. The van der Waals surface area contributed by atoms with E-state index < -0.39 is 27.8 Å². The van der Waals surface area contributed by atoms with Crippen LogP contribution in [0.5, 0.6) is 0 Å². The van der Waals surface area contributed by atoms with Gasteiger partial charge in [-0.3, -0.25) is 14.9 Å². The molecule has 1 aromatic rings. The molecule has 1 fully saturated rings. The molecule has 0 saturated heterocycles. The van der Waals surface area contributed by atoms with Gasteiger partial charge in [0.1, 0.15) is 11.5 Å². The van der Waals surface area contributed by atoms with Crippen molar-refractivity contribution < 1.29 is 19.2 Å². The molecule has 18 heavy (non-hydrogen) atoms. The summed E-state index contributed by atoms with van der Waals surface area (Å²) >= 11 is 0. The molecule has 1 aliphatic rings. The van der Waals surface area contributed by atoms with Crippen LogP contribution in [-0.4, -0.2) is 22.5 Å². The SMILES string of the molecule is O=C(O)C1(CNc2ccc(F)cc2[N+](=O)[O-])CC1. The molecule has 2 N–H and O–H groups in total. The van der Waals surface area contributed by atoms with Gasteiger partial charge in [0.15, 0.2) is 0 Å². The molecule has 0 bridgehead atoms. The molecule has 96 valence electrons. The molecule has 0 spiro atoms. The van der Waals surface area contributed by atoms with E-state index in [4.69, 9.17) is 5.11 Å². The van der Waals surface area contributed by atoms with E-state index in [1.54, 1.807) is 0 Å². The monoisotopic (exact) mass is 254 g/mol. The van der Waals surface area contributed by atoms with Crippen molar-refractivity contribution in [2.45, 2.75) is 12.8 Å². The van der Waals surface area contributed by atoms with Crippen LogP contribution in [0.4, 0.5) is 15.8 Å². The fourth-order valence-corrected chi connectivity index (χ4v) is 1.69. The third kappa shape index (κ3) is 2.24. The van der Waals surface area contributed by atoms with Crippen LogP contribution in [0.25, 0.3) is 0 Å². The molecule has 0 radical (unpaired) electrons. The Morgan fingerprint density at radius 2 is 2.22 bits per heavy atom. The van der Waals surface area contributed by atoms with Crippen LogP contribution in [0.3, 0.4) is 0 Å². The van der Waals surface area contributed by atoms with Crippen LogP contribution in [0.1, 0.15) is 12.8 Å². The molecule has 1 aromatic carbocycles. The molecule has 0 amide bonds. The summed E-state index contributed by atoms with van der Waals surface area (Å²) in [7, 11) is 0. The Labute approximate surface area is 102 Å². The standard InChI is InChI=1S/C11H11FN2O4/c12-7-1-2-8(9(5-7)14(17)18)13-6-11(3-4-11)10(15)16/h1-2,5,13H,3-4,6H2,(H,15,16). The van der Waals surface area contributed by atoms with Crippen LogP contribution in [0.2, 0.25) is 0 Å². The number of anilines is 1. The number of carbonyl (C=O) groups is 1. The van der Waals surface area contributed by atoms with Gasteiger partial charge in [-0.25, -0.2) is 4.39 Å². The highest BCUT2D eigenvalue weighted by Gasteiger charge is 2.50. The van der Waals surface area contributed by atoms with Crippen molar-refractivity contribution in [1.82, 2.24) is 0 Å². The zero-order chi connectivity index (χ0) is 13.3. The van der Waals surface area contributed by atoms with Crippen molar-refractivity contribution in [2.75, 3.05) is 11.9 Å². The maximum atomic E-state index is 12.9. The number of carboxylic acid groups (broad SMARTS) is 1. The molecule has 0 atom stereocenters. The first-order chi connectivity index (χ1) is 8.44. The van der Waals surface area contributed by atoms with E-state index in [1.165, 1.54) is 6.07 Å². The van der Waals surface area contributed by atoms with Crippen LogP contribution in [0.15, 0.2) is 18.2 Å². The second kappa shape index (κ2) is 4.25. The van der Waals surface area contributed by atoms with Crippen LogP contribution < -0.4 is 5.32 Å². The topological polar surface area (TPSA) is 92.5 Å². The van der Waals surface area contributed by atoms with E-state index in [2.05, 4.69) is 5.32 Å². The number of hydrogen-bond acceptors (Lipinski definition) is 4. The van der Waals surface area contributed by atoms with Crippen LogP contribution in [0, 0.1) is 21.3 Å². The number of aliphatic carboxylic acids is 1. The van der Waals surface area contributed by atoms with Crippen molar-refractivity contribution in [3.63, 3.8) is 0 Å². The van der Waals surface area contributed by atoms with Crippen LogP contribution in [-0.2, 0) is 4.79 Å². The Hall–Kier alpha value is -2.18. The average molecular weight is 254 g/mol. The Bertz CT molecular complexity index is 514. The quantitative estimate of drug-likeness (QED) is 0.619. The lowest BCUT2D eigenvalue weighted by molar-refractivity contribution is -0.384. The predicted octanol–water partition coefficient (Wildman–Crippen LogP) is 2.01. The average Bonchev–Trinajstić information content (AvgIpc) is 3.08. The summed E-state index contributed by atoms with van der Waals surface area (Å²) in [5.74, 6) is -1.62. The maximum Gasteiger partial charge on any atom is 0.311 e. The van der Waals surface area contributed by atoms with Gasteiger partial charge in [0.05, 0.1) is 16.4 Å². The van der Waals surface area contributed by atoms with Gasteiger partial charge in [-0.15, -0.1) is 0 Å². The fraction of sp³-hybridized carbons (Fsp3) is 0.364. The lowest BCUT2D eigenvalue weighted by Gasteiger charge is -2.12. The molecule has 0 heterocycles. The van der Waals surface area contributed by atoms with E-state index >= 15 is 0 Å². The summed E-state index contributed by atoms with van der Waals surface area (Å²) in [4.78, 5) is 21.0. The van der Waals surface area contributed by atoms with Gasteiger partial charge in [0.25, 0.3) is 5.69 Å². The third-order valence-electron chi connectivity index (χ3n) is 3.08. The van der Waals surface area contributed by atoms with E-state index in [1.807, 2.05) is 0 Å². The molecule has 1 aliphatic carbocycles. The van der Waals surface area contributed by atoms with E-state index in [9.17, 15) is 19.3 Å². The zero-order valence-electron chi connectivity index (χ0n) is 9.35. The van der Waals surface area contributed by atoms with Gasteiger partial charge >= 0.3 is 5.97 Å². The highest BCUT2D eigenvalue weighted by atomic mass is 19.1. The Morgan fingerprint density at radius 3 is 2.72 bits per heavy atom. The predicted molar refractivity (Wildman–Crippen MR) is 60.8 cm³/mol. The number of benzene rings is 1. The number of carboxylic acids is 1. The second-order valence-electron chi connectivity index (χ2n) is 4.36. The minimum Gasteiger partial charge on any atom is -0.481 e. The highest BCUT2D eigenvalue weighted by Crippen LogP contribution is 2.46. The molecular formula is C11H11FN2O4. The highest BCUT2D eigenvalue weighted by molar-refractivity contribution is 5.79. The van der Waals surface area contributed by atoms with E-state index in [0.29, 0.717) is 12.8 Å². The minimum atomic E-state index is -0.917. The molecule has 2 rings (SSSR count). The van der Waals surface area contributed by atoms with Gasteiger partial charge in [-0.05, 0) is 25.0 Å². The first kappa shape index (κ1) is 12.3.